The molecule has 2 aromatic heterocycles. The van der Waals surface area contributed by atoms with Gasteiger partial charge in [-0.05, 0) is 79.6 Å². The number of nitrogens with zero attached hydrogens (tertiary/aromatic N) is 6. The van der Waals surface area contributed by atoms with E-state index in [-0.39, 0.29) is 47.0 Å². The number of likely N-dealkylation sites (tertiary alicyclic amines) is 1. The van der Waals surface area contributed by atoms with Gasteiger partial charge in [0.1, 0.15) is 24.0 Å². The van der Waals surface area contributed by atoms with Gasteiger partial charge < -0.3 is 9.52 Å². The molecule has 5 heterocycles. The lowest BCUT2D eigenvalue weighted by Gasteiger charge is -2.31. The number of hydrogen-bond donors (Lipinski definition) is 3. The van der Waals surface area contributed by atoms with Crippen molar-refractivity contribution in [2.24, 2.45) is 7.05 Å². The molecule has 5 aromatic rings. The molecule has 0 radical (unpaired) electrons. The highest BCUT2D eigenvalue weighted by molar-refractivity contribution is 7.92. The van der Waals surface area contributed by atoms with Gasteiger partial charge in [-0.3, -0.25) is 33.7 Å². The summed E-state index contributed by atoms with van der Waals surface area (Å²) in [6.07, 6.45) is 2.15. The monoisotopic (exact) mass is 718 g/mol. The summed E-state index contributed by atoms with van der Waals surface area (Å²) in [4.78, 5) is 51.2. The first-order chi connectivity index (χ1) is 24.4. The number of halogens is 1. The van der Waals surface area contributed by atoms with Crippen LogP contribution in [0.1, 0.15) is 49.1 Å². The number of aromatic nitrogens is 4. The number of phenolic OH excluding ortho intramolecular Hbond substituents is 1. The van der Waals surface area contributed by atoms with Crippen LogP contribution in [0.25, 0.3) is 33.3 Å². The minimum Gasteiger partial charge on any atom is -0.506 e. The van der Waals surface area contributed by atoms with E-state index in [1.807, 2.05) is 18.2 Å². The van der Waals surface area contributed by atoms with Crippen molar-refractivity contribution in [1.29, 1.82) is 0 Å². The molecule has 51 heavy (non-hydrogen) atoms. The van der Waals surface area contributed by atoms with Gasteiger partial charge in [-0.15, -0.1) is 10.2 Å². The lowest BCUT2D eigenvalue weighted by atomic mass is 9.89. The van der Waals surface area contributed by atoms with Crippen molar-refractivity contribution in [2.45, 2.75) is 44.2 Å². The van der Waals surface area contributed by atoms with Gasteiger partial charge >= 0.3 is 15.9 Å². The largest absolute Gasteiger partial charge is 0.506 e. The predicted molar refractivity (Wildman–Crippen MR) is 179 cm³/mol. The zero-order chi connectivity index (χ0) is 35.8. The van der Waals surface area contributed by atoms with Crippen molar-refractivity contribution in [3.8, 4) is 17.2 Å². The van der Waals surface area contributed by atoms with Crippen molar-refractivity contribution >= 4 is 55.4 Å². The first kappa shape index (κ1) is 32.6. The van der Waals surface area contributed by atoms with Gasteiger partial charge in [-0.25, -0.2) is 18.2 Å². The maximum absolute atomic E-state index is 15.5. The van der Waals surface area contributed by atoms with Gasteiger partial charge in [0.15, 0.2) is 5.82 Å². The Morgan fingerprint density at radius 3 is 2.49 bits per heavy atom. The van der Waals surface area contributed by atoms with E-state index in [1.54, 1.807) is 22.4 Å². The zero-order valence-electron chi connectivity index (χ0n) is 27.1. The number of hydrogen-bond acceptors (Lipinski definition) is 11. The van der Waals surface area contributed by atoms with Crippen LogP contribution < -0.4 is 20.0 Å². The third-order valence-electron chi connectivity index (χ3n) is 9.87. The minimum absolute atomic E-state index is 0.0250. The molecule has 1 atom stereocenters. The molecule has 0 bridgehead atoms. The molecular formula is C33H31FN8O8S. The van der Waals surface area contributed by atoms with Crippen LogP contribution in [0.2, 0.25) is 0 Å². The predicted octanol–water partition coefficient (Wildman–Crippen LogP) is 1.93. The Morgan fingerprint density at radius 1 is 0.980 bits per heavy atom. The van der Waals surface area contributed by atoms with Gasteiger partial charge in [0, 0.05) is 24.4 Å². The number of anilines is 1. The van der Waals surface area contributed by atoms with E-state index < -0.39 is 51.9 Å². The fraction of sp³-hybridized carbons (Fsp3) is 0.333. The Labute approximate surface area is 288 Å². The van der Waals surface area contributed by atoms with Crippen LogP contribution in [0.15, 0.2) is 51.7 Å². The highest BCUT2D eigenvalue weighted by Gasteiger charge is 2.38. The Morgan fingerprint density at radius 2 is 1.76 bits per heavy atom. The second kappa shape index (κ2) is 12.0. The fourth-order valence-corrected chi connectivity index (χ4v) is 8.43. The number of carbonyl (C=O) groups excluding carboxylic acids is 3. The van der Waals surface area contributed by atoms with Gasteiger partial charge in [-0.1, -0.05) is 12.1 Å². The summed E-state index contributed by atoms with van der Waals surface area (Å²) in [5.41, 5.74) is 2.01. The van der Waals surface area contributed by atoms with Gasteiger partial charge in [-0.2, -0.15) is 8.42 Å². The van der Waals surface area contributed by atoms with Crippen molar-refractivity contribution in [2.75, 3.05) is 23.9 Å². The molecule has 3 aliphatic heterocycles. The van der Waals surface area contributed by atoms with Crippen LogP contribution in [0.4, 0.5) is 10.1 Å². The van der Waals surface area contributed by atoms with E-state index in [1.165, 1.54) is 22.8 Å². The number of phenols is 1. The lowest BCUT2D eigenvalue weighted by Crippen LogP contribution is -2.44. The Hall–Kier alpha value is -5.62. The van der Waals surface area contributed by atoms with Crippen molar-refractivity contribution in [3.63, 3.8) is 0 Å². The summed E-state index contributed by atoms with van der Waals surface area (Å²) in [6.45, 7) is 1.26. The normalized spacial score (nSPS) is 20.0. The average molecular weight is 719 g/mol. The highest BCUT2D eigenvalue weighted by Crippen LogP contribution is 2.39. The van der Waals surface area contributed by atoms with E-state index >= 15 is 4.39 Å². The molecule has 3 aromatic carbocycles. The number of nitrogens with one attached hydrogen (secondary N) is 2. The molecule has 18 heteroatoms. The zero-order valence-corrected chi connectivity index (χ0v) is 27.9. The molecule has 0 saturated carbocycles. The van der Waals surface area contributed by atoms with Crippen LogP contribution in [0, 0.1) is 5.82 Å². The number of rotatable bonds is 6. The van der Waals surface area contributed by atoms with E-state index in [0.717, 1.165) is 37.0 Å². The molecule has 3 saturated heterocycles. The number of imide groups is 1. The number of benzene rings is 3. The molecule has 264 valence electrons. The number of imidazole rings is 1. The molecule has 16 nitrogen and oxygen atoms in total. The van der Waals surface area contributed by atoms with Crippen molar-refractivity contribution < 1.29 is 36.7 Å². The van der Waals surface area contributed by atoms with E-state index in [4.69, 9.17) is 4.42 Å². The molecule has 3 fully saturated rings. The lowest BCUT2D eigenvalue weighted by molar-refractivity contribution is -0.135. The maximum Gasteiger partial charge on any atom is 0.329 e. The number of amides is 3. The minimum atomic E-state index is -4.33. The summed E-state index contributed by atoms with van der Waals surface area (Å²) in [7, 11) is -2.65. The smallest absolute Gasteiger partial charge is 0.329 e. The van der Waals surface area contributed by atoms with E-state index in [0.29, 0.717) is 27.8 Å². The molecular weight excluding hydrogens is 687 g/mol. The number of aromatic hydroxyl groups is 1. The number of fused-ring (bicyclic) bond motifs is 2. The maximum atomic E-state index is 15.5. The molecule has 1 unspecified atom stereocenters. The Balaban J connectivity index is 0.944. The average Bonchev–Trinajstić information content (AvgIpc) is 3.74. The fourth-order valence-electron chi connectivity index (χ4n) is 7.27. The second-order valence-corrected chi connectivity index (χ2v) is 14.6. The summed E-state index contributed by atoms with van der Waals surface area (Å²) >= 11 is 0. The first-order valence-corrected chi connectivity index (χ1v) is 17.7. The highest BCUT2D eigenvalue weighted by atomic mass is 32.2. The standard InChI is InChI=1S/C33H31FN8O8S/c1-39-24-13-18(3-5-22(24)42(33(39)47)23-6-7-26(44)35-31(23)46)17-8-10-40(11-9-17)16-28-36-37-32(50-28)19-2-4-21-20(12-19)14-25(43)30(29(21)34)41-15-27(45)38-51(41,48)49/h2-5,12-14,17,23,43H,6-11,15-16H2,1H3,(H,38,45)(H,35,44,46). The molecule has 3 aliphatic rings. The topological polar surface area (TPSA) is 202 Å². The molecule has 0 aliphatic carbocycles. The number of aryl methyl sites for hydroxylation is 1. The molecule has 3 N–H and O–H groups in total. The molecule has 0 spiro atoms. The summed E-state index contributed by atoms with van der Waals surface area (Å²) in [6, 6.07) is 10.8. The summed E-state index contributed by atoms with van der Waals surface area (Å²) in [5, 5.41) is 21.5. The van der Waals surface area contributed by atoms with E-state index in [9.17, 15) is 32.7 Å². The number of piperidine rings is 2. The second-order valence-electron chi connectivity index (χ2n) is 13.0. The summed E-state index contributed by atoms with van der Waals surface area (Å²) < 4.78 is 51.2. The quantitative estimate of drug-likeness (QED) is 0.217. The van der Waals surface area contributed by atoms with E-state index in [2.05, 4.69) is 20.4 Å². The Bertz CT molecular complexity index is 2470. The summed E-state index contributed by atoms with van der Waals surface area (Å²) in [5.74, 6) is -2.48. The van der Waals surface area contributed by atoms with Gasteiger partial charge in [0.2, 0.25) is 23.6 Å². The Kier molecular flexibility index (Phi) is 7.67. The van der Waals surface area contributed by atoms with Crippen molar-refractivity contribution in [1.82, 2.24) is 34.3 Å². The van der Waals surface area contributed by atoms with Gasteiger partial charge in [0.05, 0.1) is 17.6 Å². The van der Waals surface area contributed by atoms with Crippen LogP contribution in [-0.4, -0.2) is 75.1 Å². The number of carbonyl (C=O) groups is 3. The SMILES string of the molecule is Cn1c(=O)n(C2CCC(=O)NC2=O)c2ccc(C3CCN(Cc4nnc(-c5ccc6c(F)c(N7CC(=O)NS7(=O)=O)c(O)cc6c5)o4)CC3)cc21. The molecule has 3 amide bonds. The van der Waals surface area contributed by atoms with Crippen LogP contribution in [0.3, 0.4) is 0 Å². The van der Waals surface area contributed by atoms with Crippen LogP contribution in [-0.2, 0) is 38.2 Å². The van der Waals surface area contributed by atoms with Crippen molar-refractivity contribution in [3.05, 3.63) is 70.2 Å². The molecule has 8 rings (SSSR count). The first-order valence-electron chi connectivity index (χ1n) is 16.3. The van der Waals surface area contributed by atoms with Crippen LogP contribution >= 0.6 is 0 Å². The van der Waals surface area contributed by atoms with Gasteiger partial charge in [0.25, 0.3) is 5.91 Å². The third kappa shape index (κ3) is 5.59. The third-order valence-corrected chi connectivity index (χ3v) is 11.2. The van der Waals surface area contributed by atoms with Crippen LogP contribution in [0.5, 0.6) is 5.75 Å².